The van der Waals surface area contributed by atoms with Gasteiger partial charge in [0.15, 0.2) is 5.96 Å². The molecule has 4 nitrogen and oxygen atoms in total. The number of ether oxygens (including phenoxy) is 1. The van der Waals surface area contributed by atoms with Gasteiger partial charge in [-0.05, 0) is 38.5 Å². The summed E-state index contributed by atoms with van der Waals surface area (Å²) in [4.78, 5) is 6.44. The summed E-state index contributed by atoms with van der Waals surface area (Å²) in [6.45, 7) is 7.75. The van der Waals surface area contributed by atoms with E-state index in [1.807, 2.05) is 26.0 Å². The highest BCUT2D eigenvalue weighted by Crippen LogP contribution is 2.27. The van der Waals surface area contributed by atoms with Crippen molar-refractivity contribution in [1.82, 2.24) is 4.90 Å². The fourth-order valence-corrected chi connectivity index (χ4v) is 2.26. The maximum Gasteiger partial charge on any atom is 0.191 e. The topological polar surface area (TPSA) is 50.8 Å². The van der Waals surface area contributed by atoms with Crippen molar-refractivity contribution >= 4 is 5.96 Å². The number of nitrogens with zero attached hydrogens (tertiary/aromatic N) is 2. The number of hydrogen-bond acceptors (Lipinski definition) is 4. The zero-order chi connectivity index (χ0) is 13.1. The Morgan fingerprint density at radius 3 is 2.94 bits per heavy atom. The van der Waals surface area contributed by atoms with Crippen LogP contribution in [0, 0.1) is 0 Å². The lowest BCUT2D eigenvalue weighted by molar-refractivity contribution is 0.241. The van der Waals surface area contributed by atoms with Crippen LogP contribution in [0.2, 0.25) is 0 Å². The Morgan fingerprint density at radius 1 is 1.50 bits per heavy atom. The molecule has 0 fully saturated rings. The molecule has 0 aliphatic carbocycles. The molecule has 4 heteroatoms. The van der Waals surface area contributed by atoms with Gasteiger partial charge in [-0.2, -0.15) is 0 Å². The van der Waals surface area contributed by atoms with Crippen LogP contribution in [0.1, 0.15) is 32.4 Å². The largest absolute Gasteiger partial charge is 0.491 e. The molecule has 98 valence electrons. The van der Waals surface area contributed by atoms with Crippen molar-refractivity contribution in [3.8, 4) is 5.75 Å². The second kappa shape index (κ2) is 5.29. The summed E-state index contributed by atoms with van der Waals surface area (Å²) in [5.41, 5.74) is 7.09. The van der Waals surface area contributed by atoms with Gasteiger partial charge in [0, 0.05) is 6.54 Å². The van der Waals surface area contributed by atoms with Gasteiger partial charge in [0.2, 0.25) is 0 Å². The molecule has 1 heterocycles. The summed E-state index contributed by atoms with van der Waals surface area (Å²) in [5.74, 6) is 1.54. The molecule has 1 aromatic carbocycles. The third-order valence-corrected chi connectivity index (χ3v) is 3.05. The van der Waals surface area contributed by atoms with Crippen LogP contribution in [-0.4, -0.2) is 30.1 Å². The van der Waals surface area contributed by atoms with Gasteiger partial charge >= 0.3 is 0 Å². The lowest BCUT2D eigenvalue weighted by Gasteiger charge is -2.25. The van der Waals surface area contributed by atoms with Crippen molar-refractivity contribution in [3.63, 3.8) is 0 Å². The molecule has 1 aliphatic heterocycles. The van der Waals surface area contributed by atoms with Crippen molar-refractivity contribution in [2.24, 2.45) is 10.7 Å². The Hall–Kier alpha value is -1.71. The summed E-state index contributed by atoms with van der Waals surface area (Å²) in [6.07, 6.45) is 0.187. The third-order valence-electron chi connectivity index (χ3n) is 3.05. The van der Waals surface area contributed by atoms with E-state index in [0.29, 0.717) is 5.96 Å². The summed E-state index contributed by atoms with van der Waals surface area (Å²) in [7, 11) is 0. The molecule has 1 aromatic rings. The van der Waals surface area contributed by atoms with Gasteiger partial charge in [-0.25, -0.2) is 0 Å². The van der Waals surface area contributed by atoms with Crippen LogP contribution in [0.4, 0.5) is 0 Å². The first-order valence-electron chi connectivity index (χ1n) is 6.45. The highest BCUT2D eigenvalue weighted by molar-refractivity contribution is 5.80. The van der Waals surface area contributed by atoms with Gasteiger partial charge in [0.25, 0.3) is 0 Å². The number of nitrogens with two attached hydrogens (primary N) is 1. The third kappa shape index (κ3) is 2.58. The lowest BCUT2D eigenvalue weighted by Crippen LogP contribution is -2.35. The van der Waals surface area contributed by atoms with E-state index in [2.05, 4.69) is 28.9 Å². The van der Waals surface area contributed by atoms with E-state index in [9.17, 15) is 0 Å². The average Bonchev–Trinajstić information content (AvgIpc) is 2.70. The smallest absolute Gasteiger partial charge is 0.191 e. The van der Waals surface area contributed by atoms with Crippen LogP contribution in [0.15, 0.2) is 29.3 Å². The van der Waals surface area contributed by atoms with E-state index in [1.165, 1.54) is 5.56 Å². The van der Waals surface area contributed by atoms with Gasteiger partial charge in [-0.1, -0.05) is 12.1 Å². The normalized spacial score (nSPS) is 19.2. The molecule has 0 saturated heterocycles. The monoisotopic (exact) mass is 247 g/mol. The molecule has 1 atom stereocenters. The minimum atomic E-state index is 0.187. The molecule has 0 saturated carbocycles. The van der Waals surface area contributed by atoms with Crippen LogP contribution in [-0.2, 0) is 0 Å². The van der Waals surface area contributed by atoms with Crippen LogP contribution in [0.5, 0.6) is 5.75 Å². The van der Waals surface area contributed by atoms with Crippen molar-refractivity contribution in [3.05, 3.63) is 29.8 Å². The quantitative estimate of drug-likeness (QED) is 0.887. The molecule has 1 aliphatic rings. The molecule has 18 heavy (non-hydrogen) atoms. The fourth-order valence-electron chi connectivity index (χ4n) is 2.26. The lowest BCUT2D eigenvalue weighted by atomic mass is 10.1. The molecule has 1 unspecified atom stereocenters. The summed E-state index contributed by atoms with van der Waals surface area (Å²) in [5, 5.41) is 0. The number of guanidine groups is 1. The van der Waals surface area contributed by atoms with Gasteiger partial charge in [0.1, 0.15) is 5.75 Å². The zero-order valence-electron chi connectivity index (χ0n) is 11.3. The fraction of sp³-hybridized carbons (Fsp3) is 0.500. The van der Waals surface area contributed by atoms with E-state index >= 15 is 0 Å². The van der Waals surface area contributed by atoms with E-state index in [4.69, 9.17) is 10.5 Å². The maximum atomic E-state index is 5.88. The number of likely N-dealkylation sites (N-methyl/N-ethyl adjacent to an activating group) is 1. The van der Waals surface area contributed by atoms with Crippen molar-refractivity contribution in [2.75, 3.05) is 13.1 Å². The highest BCUT2D eigenvalue weighted by Gasteiger charge is 2.26. The number of rotatable bonds is 4. The first-order chi connectivity index (χ1) is 8.61. The van der Waals surface area contributed by atoms with E-state index < -0.39 is 0 Å². The molecular formula is C14H21N3O. The Balaban J connectivity index is 2.19. The van der Waals surface area contributed by atoms with Crippen LogP contribution in [0.3, 0.4) is 0 Å². The minimum absolute atomic E-state index is 0.187. The predicted molar refractivity (Wildman–Crippen MR) is 73.8 cm³/mol. The summed E-state index contributed by atoms with van der Waals surface area (Å²) >= 11 is 0. The SMILES string of the molecule is CCN1C(N)=NCC1c1cccc(OC(C)C)c1. The Labute approximate surface area is 108 Å². The number of hydrogen-bond donors (Lipinski definition) is 1. The molecule has 0 bridgehead atoms. The maximum absolute atomic E-state index is 5.88. The molecular weight excluding hydrogens is 226 g/mol. The van der Waals surface area contributed by atoms with Crippen LogP contribution in [0.25, 0.3) is 0 Å². The first kappa shape index (κ1) is 12.7. The Bertz CT molecular complexity index is 442. The van der Waals surface area contributed by atoms with Gasteiger partial charge in [0.05, 0.1) is 18.7 Å². The van der Waals surface area contributed by atoms with Gasteiger partial charge in [-0.15, -0.1) is 0 Å². The van der Waals surface area contributed by atoms with E-state index in [1.54, 1.807) is 0 Å². The summed E-state index contributed by atoms with van der Waals surface area (Å²) < 4.78 is 5.72. The molecule has 2 rings (SSSR count). The second-order valence-electron chi connectivity index (χ2n) is 4.74. The predicted octanol–water partition coefficient (Wildman–Crippen LogP) is 2.17. The molecule has 2 N–H and O–H groups in total. The van der Waals surface area contributed by atoms with E-state index in [-0.39, 0.29) is 12.1 Å². The second-order valence-corrected chi connectivity index (χ2v) is 4.74. The van der Waals surface area contributed by atoms with Crippen LogP contribution >= 0.6 is 0 Å². The van der Waals surface area contributed by atoms with Crippen LogP contribution < -0.4 is 10.5 Å². The molecule has 0 radical (unpaired) electrons. The Morgan fingerprint density at radius 2 is 2.28 bits per heavy atom. The minimum Gasteiger partial charge on any atom is -0.491 e. The van der Waals surface area contributed by atoms with E-state index in [0.717, 1.165) is 18.8 Å². The molecule has 0 aromatic heterocycles. The first-order valence-corrected chi connectivity index (χ1v) is 6.45. The average molecular weight is 247 g/mol. The van der Waals surface area contributed by atoms with Crippen molar-refractivity contribution < 1.29 is 4.74 Å². The zero-order valence-corrected chi connectivity index (χ0v) is 11.3. The van der Waals surface area contributed by atoms with Gasteiger partial charge < -0.3 is 15.4 Å². The standard InChI is InChI=1S/C14H21N3O/c1-4-17-13(9-16-14(17)15)11-6-5-7-12(8-11)18-10(2)3/h5-8,10,13H,4,9H2,1-3H3,(H2,15,16). The molecule has 0 amide bonds. The Kier molecular flexibility index (Phi) is 3.75. The highest BCUT2D eigenvalue weighted by atomic mass is 16.5. The van der Waals surface area contributed by atoms with Gasteiger partial charge in [-0.3, -0.25) is 4.99 Å². The number of aliphatic imine (C=N–C) groups is 1. The molecule has 0 spiro atoms. The van der Waals surface area contributed by atoms with Crippen molar-refractivity contribution in [2.45, 2.75) is 32.9 Å². The van der Waals surface area contributed by atoms with Crippen molar-refractivity contribution in [1.29, 1.82) is 0 Å². The summed E-state index contributed by atoms with van der Waals surface area (Å²) in [6, 6.07) is 8.44. The number of benzene rings is 1.